The zero-order valence-corrected chi connectivity index (χ0v) is 13.2. The Morgan fingerprint density at radius 1 is 1.00 bits per heavy atom. The summed E-state index contributed by atoms with van der Waals surface area (Å²) in [6, 6.07) is 0. The summed E-state index contributed by atoms with van der Waals surface area (Å²) in [7, 11) is 0. The third-order valence-corrected chi connectivity index (χ3v) is 3.78. The second kappa shape index (κ2) is 8.53. The van der Waals surface area contributed by atoms with Crippen molar-refractivity contribution in [3.63, 3.8) is 0 Å². The van der Waals surface area contributed by atoms with Crippen molar-refractivity contribution in [2.75, 3.05) is 13.2 Å². The van der Waals surface area contributed by atoms with Crippen molar-refractivity contribution in [1.82, 2.24) is 0 Å². The van der Waals surface area contributed by atoms with Gasteiger partial charge in [-0.1, -0.05) is 25.5 Å². The number of rotatable bonds is 7. The van der Waals surface area contributed by atoms with E-state index in [-0.39, 0.29) is 5.97 Å². The number of esters is 1. The van der Waals surface area contributed by atoms with Crippen molar-refractivity contribution < 1.29 is 14.3 Å². The molecule has 21 heavy (non-hydrogen) atoms. The number of carbonyl (C=O) groups is 1. The molecule has 0 atom stereocenters. The molecule has 1 fully saturated rings. The van der Waals surface area contributed by atoms with Crippen LogP contribution >= 0.6 is 0 Å². The van der Waals surface area contributed by atoms with Gasteiger partial charge in [0.25, 0.3) is 0 Å². The van der Waals surface area contributed by atoms with E-state index in [4.69, 9.17) is 9.47 Å². The molecule has 0 heterocycles. The van der Waals surface area contributed by atoms with Crippen LogP contribution in [-0.2, 0) is 14.3 Å². The van der Waals surface area contributed by atoms with E-state index < -0.39 is 0 Å². The topological polar surface area (TPSA) is 35.5 Å². The molecule has 0 aromatic carbocycles. The van der Waals surface area contributed by atoms with Gasteiger partial charge >= 0.3 is 5.97 Å². The fourth-order valence-electron chi connectivity index (χ4n) is 2.41. The van der Waals surface area contributed by atoms with Gasteiger partial charge in [-0.15, -0.1) is 0 Å². The number of hydrogen-bond donors (Lipinski definition) is 0. The molecule has 0 amide bonds. The van der Waals surface area contributed by atoms with E-state index in [0.29, 0.717) is 36.4 Å². The predicted octanol–water partition coefficient (Wildman–Crippen LogP) is 4.17. The van der Waals surface area contributed by atoms with Gasteiger partial charge in [-0.25, -0.2) is 4.79 Å². The van der Waals surface area contributed by atoms with Gasteiger partial charge in [0.1, 0.15) is 0 Å². The van der Waals surface area contributed by atoms with Crippen molar-refractivity contribution >= 4 is 5.97 Å². The third-order valence-electron chi connectivity index (χ3n) is 3.78. The molecule has 0 unspecified atom stereocenters. The molecule has 0 radical (unpaired) electrons. The number of allylic oxidation sites excluding steroid dienone is 1. The highest BCUT2D eigenvalue weighted by Gasteiger charge is 2.23. The number of hydrogen-bond acceptors (Lipinski definition) is 3. The molecule has 0 aliphatic heterocycles. The van der Waals surface area contributed by atoms with Crippen LogP contribution in [-0.4, -0.2) is 19.2 Å². The lowest BCUT2D eigenvalue weighted by atomic mass is 9.83. The van der Waals surface area contributed by atoms with Gasteiger partial charge < -0.3 is 9.47 Å². The van der Waals surface area contributed by atoms with Crippen LogP contribution in [0.15, 0.2) is 42.4 Å². The van der Waals surface area contributed by atoms with E-state index in [2.05, 4.69) is 25.5 Å². The Balaban J connectivity index is 2.26. The highest BCUT2D eigenvalue weighted by Crippen LogP contribution is 2.30. The second-order valence-electron chi connectivity index (χ2n) is 5.86. The molecule has 0 aromatic rings. The summed E-state index contributed by atoms with van der Waals surface area (Å²) in [6.45, 7) is 15.8. The van der Waals surface area contributed by atoms with Crippen molar-refractivity contribution in [3.8, 4) is 0 Å². The van der Waals surface area contributed by atoms with E-state index >= 15 is 0 Å². The zero-order valence-electron chi connectivity index (χ0n) is 13.2. The monoisotopic (exact) mass is 290 g/mol. The van der Waals surface area contributed by atoms with E-state index in [1.807, 2.05) is 6.92 Å². The fourth-order valence-corrected chi connectivity index (χ4v) is 2.41. The van der Waals surface area contributed by atoms with Crippen LogP contribution in [0.4, 0.5) is 0 Å². The van der Waals surface area contributed by atoms with Crippen molar-refractivity contribution in [3.05, 3.63) is 42.4 Å². The average Bonchev–Trinajstić information content (AvgIpc) is 2.46. The molecular formula is C18H26O3. The maximum Gasteiger partial charge on any atom is 0.333 e. The summed E-state index contributed by atoms with van der Waals surface area (Å²) in [6.07, 6.45) is 4.32. The first-order chi connectivity index (χ1) is 9.93. The average molecular weight is 290 g/mol. The Kier molecular flexibility index (Phi) is 7.04. The minimum atomic E-state index is -0.289. The van der Waals surface area contributed by atoms with Crippen LogP contribution < -0.4 is 0 Å². The summed E-state index contributed by atoms with van der Waals surface area (Å²) in [5.74, 6) is 1.37. The van der Waals surface area contributed by atoms with Crippen LogP contribution in [0.1, 0.15) is 39.5 Å². The van der Waals surface area contributed by atoms with Gasteiger partial charge in [-0.2, -0.15) is 0 Å². The summed E-state index contributed by atoms with van der Waals surface area (Å²) >= 11 is 0. The Bertz CT molecular complexity index is 447. The Morgan fingerprint density at radius 3 is 1.86 bits per heavy atom. The lowest BCUT2D eigenvalue weighted by Gasteiger charge is -2.28. The van der Waals surface area contributed by atoms with Crippen LogP contribution in [0.3, 0.4) is 0 Å². The van der Waals surface area contributed by atoms with Crippen LogP contribution in [0.2, 0.25) is 0 Å². The minimum absolute atomic E-state index is 0.289. The number of carbonyl (C=O) groups excluding carboxylic acids is 1. The lowest BCUT2D eigenvalue weighted by Crippen LogP contribution is -2.23. The third kappa shape index (κ3) is 6.05. The first kappa shape index (κ1) is 17.3. The highest BCUT2D eigenvalue weighted by molar-refractivity contribution is 5.86. The minimum Gasteiger partial charge on any atom is -0.486 e. The quantitative estimate of drug-likeness (QED) is 0.232. The standard InChI is InChI=1S/C18H26O3/c1-6-17(13(2)3)20-11-15-7-9-16(10-8-15)12-21-18(19)14(4)5/h15-16H,1-2,4,7-12H2,3,5H3. The summed E-state index contributed by atoms with van der Waals surface area (Å²) in [5.41, 5.74) is 4.08. The maximum atomic E-state index is 11.4. The molecule has 3 nitrogen and oxygen atoms in total. The molecule has 0 bridgehead atoms. The van der Waals surface area contributed by atoms with Gasteiger partial charge in [0, 0.05) is 5.57 Å². The summed E-state index contributed by atoms with van der Waals surface area (Å²) in [4.78, 5) is 11.4. The van der Waals surface area contributed by atoms with Crippen molar-refractivity contribution in [2.45, 2.75) is 39.5 Å². The summed E-state index contributed by atoms with van der Waals surface area (Å²) < 4.78 is 10.9. The molecule has 116 valence electrons. The van der Waals surface area contributed by atoms with E-state index in [9.17, 15) is 4.79 Å². The highest BCUT2D eigenvalue weighted by atomic mass is 16.5. The molecule has 1 rings (SSSR count). The van der Waals surface area contributed by atoms with Crippen molar-refractivity contribution in [2.24, 2.45) is 11.8 Å². The van der Waals surface area contributed by atoms with Gasteiger partial charge in [-0.05, 0) is 56.9 Å². The van der Waals surface area contributed by atoms with E-state index in [0.717, 1.165) is 31.3 Å². The van der Waals surface area contributed by atoms with Crippen LogP contribution in [0, 0.1) is 11.8 Å². The Morgan fingerprint density at radius 2 is 1.48 bits per heavy atom. The Labute approximate surface area is 128 Å². The predicted molar refractivity (Wildman–Crippen MR) is 84.6 cm³/mol. The van der Waals surface area contributed by atoms with Crippen LogP contribution in [0.5, 0.6) is 0 Å². The first-order valence-corrected chi connectivity index (χ1v) is 7.45. The van der Waals surface area contributed by atoms with E-state index in [1.54, 1.807) is 6.92 Å². The molecule has 0 aromatic heterocycles. The maximum absolute atomic E-state index is 11.4. The largest absolute Gasteiger partial charge is 0.486 e. The second-order valence-corrected chi connectivity index (χ2v) is 5.86. The van der Waals surface area contributed by atoms with E-state index in [1.165, 1.54) is 0 Å². The normalized spacial score (nSPS) is 21.0. The molecule has 0 N–H and O–H groups in total. The van der Waals surface area contributed by atoms with Crippen molar-refractivity contribution in [1.29, 1.82) is 0 Å². The van der Waals surface area contributed by atoms with Gasteiger partial charge in [0.15, 0.2) is 5.76 Å². The zero-order chi connectivity index (χ0) is 15.8. The SMILES string of the molecule is C=C=C(OCC1CCC(COC(=O)C(=C)C)CC1)C(=C)C. The molecule has 3 heteroatoms. The molecular weight excluding hydrogens is 264 g/mol. The van der Waals surface area contributed by atoms with Gasteiger partial charge in [0.05, 0.1) is 13.2 Å². The molecule has 0 saturated heterocycles. The lowest BCUT2D eigenvalue weighted by molar-refractivity contribution is -0.140. The molecule has 1 aliphatic carbocycles. The fraction of sp³-hybridized carbons (Fsp3) is 0.556. The molecule has 1 saturated carbocycles. The first-order valence-electron chi connectivity index (χ1n) is 7.45. The number of ether oxygens (including phenoxy) is 2. The summed E-state index contributed by atoms with van der Waals surface area (Å²) in [5, 5.41) is 0. The smallest absolute Gasteiger partial charge is 0.333 e. The van der Waals surface area contributed by atoms with Crippen LogP contribution in [0.25, 0.3) is 0 Å². The molecule has 1 aliphatic rings. The Hall–Kier alpha value is -1.73. The van der Waals surface area contributed by atoms with Gasteiger partial charge in [-0.3, -0.25) is 0 Å². The molecule has 0 spiro atoms. The van der Waals surface area contributed by atoms with Gasteiger partial charge in [0.2, 0.25) is 0 Å².